The molecule has 0 spiro atoms. The number of nitrogens with zero attached hydrogens (tertiary/aromatic N) is 2. The van der Waals surface area contributed by atoms with Gasteiger partial charge in [0.2, 0.25) is 0 Å². The predicted molar refractivity (Wildman–Crippen MR) is 81.7 cm³/mol. The number of aromatic nitrogens is 2. The maximum atomic E-state index is 5.61. The first-order chi connectivity index (χ1) is 9.00. The van der Waals surface area contributed by atoms with Crippen LogP contribution in [0.15, 0.2) is 42.9 Å². The van der Waals surface area contributed by atoms with Gasteiger partial charge in [-0.25, -0.2) is 4.98 Å². The van der Waals surface area contributed by atoms with Gasteiger partial charge >= 0.3 is 0 Å². The molecule has 0 aliphatic heterocycles. The van der Waals surface area contributed by atoms with Crippen LogP contribution in [0.4, 0.5) is 0 Å². The van der Waals surface area contributed by atoms with Gasteiger partial charge in [0.05, 0.1) is 0 Å². The topological polar surface area (TPSA) is 25.8 Å². The number of rotatable bonds is 2. The summed E-state index contributed by atoms with van der Waals surface area (Å²) in [6.45, 7) is 8.59. The normalized spacial score (nSPS) is 10.3. The van der Waals surface area contributed by atoms with Crippen LogP contribution in [-0.2, 0) is 0 Å². The van der Waals surface area contributed by atoms with E-state index >= 15 is 0 Å². The summed E-state index contributed by atoms with van der Waals surface area (Å²) in [5, 5.41) is 0.560. The molecule has 2 aromatic rings. The van der Waals surface area contributed by atoms with Gasteiger partial charge in [-0.3, -0.25) is 4.98 Å². The molecule has 0 bridgehead atoms. The Bertz CT molecular complexity index is 464. The average Bonchev–Trinajstić information content (AvgIpc) is 2.41. The van der Waals surface area contributed by atoms with Crippen LogP contribution in [0.5, 0.6) is 0 Å². The summed E-state index contributed by atoms with van der Waals surface area (Å²) in [5.74, 6) is 1.13. The van der Waals surface area contributed by atoms with Crippen molar-refractivity contribution in [1.82, 2.24) is 9.97 Å². The number of halogens is 1. The maximum absolute atomic E-state index is 5.61. The summed E-state index contributed by atoms with van der Waals surface area (Å²) >= 11 is 5.61. The highest BCUT2D eigenvalue weighted by atomic mass is 35.5. The summed E-state index contributed by atoms with van der Waals surface area (Å²) in [4.78, 5) is 7.97. The molecule has 0 saturated carbocycles. The van der Waals surface area contributed by atoms with Gasteiger partial charge in [-0.05, 0) is 35.1 Å². The van der Waals surface area contributed by atoms with Gasteiger partial charge in [0.25, 0.3) is 0 Å². The van der Waals surface area contributed by atoms with Crippen molar-refractivity contribution in [1.29, 1.82) is 0 Å². The summed E-state index contributed by atoms with van der Waals surface area (Å²) in [5.41, 5.74) is 2.53. The first kappa shape index (κ1) is 15.6. The second-order valence-corrected chi connectivity index (χ2v) is 5.40. The Labute approximate surface area is 120 Å². The van der Waals surface area contributed by atoms with Gasteiger partial charge in [-0.2, -0.15) is 0 Å². The van der Waals surface area contributed by atoms with E-state index in [1.807, 2.05) is 30.6 Å². The van der Waals surface area contributed by atoms with Crippen molar-refractivity contribution in [3.05, 3.63) is 59.1 Å². The molecule has 0 radical (unpaired) electrons. The van der Waals surface area contributed by atoms with Crippen molar-refractivity contribution in [3.8, 4) is 0 Å². The lowest BCUT2D eigenvalue weighted by Crippen LogP contribution is -1.87. The molecule has 2 rings (SSSR count). The van der Waals surface area contributed by atoms with Gasteiger partial charge in [-0.1, -0.05) is 51.4 Å². The van der Waals surface area contributed by atoms with Crippen molar-refractivity contribution >= 4 is 11.6 Å². The first-order valence-electron chi connectivity index (χ1n) is 6.52. The SMILES string of the molecule is CC(C)c1ccc(Cl)nc1.CC(C)c1cccnc1. The molecule has 2 aromatic heterocycles. The van der Waals surface area contributed by atoms with E-state index in [4.69, 9.17) is 11.6 Å². The molecule has 2 nitrogen and oxygen atoms in total. The minimum Gasteiger partial charge on any atom is -0.264 e. The van der Waals surface area contributed by atoms with Crippen LogP contribution in [0.1, 0.15) is 50.7 Å². The van der Waals surface area contributed by atoms with Gasteiger partial charge in [0.15, 0.2) is 0 Å². The third-order valence-corrected chi connectivity index (χ3v) is 2.99. The molecule has 3 heteroatoms. The number of pyridine rings is 2. The van der Waals surface area contributed by atoms with Crippen LogP contribution in [0.3, 0.4) is 0 Å². The van der Waals surface area contributed by atoms with E-state index in [2.05, 4.69) is 43.7 Å². The second-order valence-electron chi connectivity index (χ2n) is 5.01. The highest BCUT2D eigenvalue weighted by molar-refractivity contribution is 6.29. The minimum absolute atomic E-state index is 0.532. The third kappa shape index (κ3) is 5.84. The van der Waals surface area contributed by atoms with Crippen LogP contribution < -0.4 is 0 Å². The summed E-state index contributed by atoms with van der Waals surface area (Å²) in [7, 11) is 0. The second kappa shape index (κ2) is 7.90. The summed E-state index contributed by atoms with van der Waals surface area (Å²) in [6, 6.07) is 7.88. The summed E-state index contributed by atoms with van der Waals surface area (Å²) in [6.07, 6.45) is 5.52. The van der Waals surface area contributed by atoms with Crippen LogP contribution in [0.2, 0.25) is 5.15 Å². The molecule has 0 aliphatic carbocycles. The van der Waals surface area contributed by atoms with Crippen molar-refractivity contribution in [2.75, 3.05) is 0 Å². The Morgan fingerprint density at radius 2 is 1.53 bits per heavy atom. The Morgan fingerprint density at radius 1 is 0.895 bits per heavy atom. The molecule has 0 fully saturated rings. The van der Waals surface area contributed by atoms with Crippen molar-refractivity contribution in [2.45, 2.75) is 39.5 Å². The molecule has 0 aromatic carbocycles. The Hall–Kier alpha value is -1.41. The Balaban J connectivity index is 0.000000191. The van der Waals surface area contributed by atoms with Gasteiger partial charge in [-0.15, -0.1) is 0 Å². The van der Waals surface area contributed by atoms with Gasteiger partial charge < -0.3 is 0 Å². The predicted octanol–water partition coefficient (Wildman–Crippen LogP) is 5.06. The molecule has 0 amide bonds. The molecule has 0 N–H and O–H groups in total. The summed E-state index contributed by atoms with van der Waals surface area (Å²) < 4.78 is 0. The first-order valence-corrected chi connectivity index (χ1v) is 6.90. The zero-order valence-corrected chi connectivity index (χ0v) is 12.7. The molecular formula is C16H21ClN2. The Morgan fingerprint density at radius 3 is 1.89 bits per heavy atom. The zero-order chi connectivity index (χ0) is 14.3. The molecule has 2 heterocycles. The van der Waals surface area contributed by atoms with Crippen LogP contribution in [0, 0.1) is 0 Å². The lowest BCUT2D eigenvalue weighted by Gasteiger charge is -2.02. The van der Waals surface area contributed by atoms with Crippen LogP contribution in [0.25, 0.3) is 0 Å². The van der Waals surface area contributed by atoms with Crippen molar-refractivity contribution in [3.63, 3.8) is 0 Å². The largest absolute Gasteiger partial charge is 0.264 e. The fourth-order valence-electron chi connectivity index (χ4n) is 1.45. The van der Waals surface area contributed by atoms with E-state index in [1.165, 1.54) is 11.1 Å². The monoisotopic (exact) mass is 276 g/mol. The number of hydrogen-bond acceptors (Lipinski definition) is 2. The van der Waals surface area contributed by atoms with E-state index in [-0.39, 0.29) is 0 Å². The molecule has 0 unspecified atom stereocenters. The van der Waals surface area contributed by atoms with Gasteiger partial charge in [0.1, 0.15) is 5.15 Å². The fourth-order valence-corrected chi connectivity index (χ4v) is 1.56. The quantitative estimate of drug-likeness (QED) is 0.716. The highest BCUT2D eigenvalue weighted by Crippen LogP contribution is 2.14. The zero-order valence-electron chi connectivity index (χ0n) is 12.0. The lowest BCUT2D eigenvalue weighted by atomic mass is 10.1. The van der Waals surface area contributed by atoms with E-state index in [9.17, 15) is 0 Å². The van der Waals surface area contributed by atoms with Crippen molar-refractivity contribution < 1.29 is 0 Å². The average molecular weight is 277 g/mol. The van der Waals surface area contributed by atoms with Crippen LogP contribution >= 0.6 is 11.6 Å². The standard InChI is InChI=1S/C8H10ClN.C8H11N/c1-6(2)7-3-4-8(9)10-5-7;1-7(2)8-4-3-5-9-6-8/h3-6H,1-2H3;3-7H,1-2H3. The van der Waals surface area contributed by atoms with E-state index in [0.717, 1.165) is 0 Å². The van der Waals surface area contributed by atoms with Gasteiger partial charge in [0, 0.05) is 18.6 Å². The molecular weight excluding hydrogens is 256 g/mol. The maximum Gasteiger partial charge on any atom is 0.129 e. The minimum atomic E-state index is 0.532. The number of hydrogen-bond donors (Lipinski definition) is 0. The van der Waals surface area contributed by atoms with E-state index < -0.39 is 0 Å². The van der Waals surface area contributed by atoms with E-state index in [0.29, 0.717) is 17.0 Å². The highest BCUT2D eigenvalue weighted by Gasteiger charge is 1.97. The molecule has 19 heavy (non-hydrogen) atoms. The van der Waals surface area contributed by atoms with Crippen LogP contribution in [-0.4, -0.2) is 9.97 Å². The fraction of sp³-hybridized carbons (Fsp3) is 0.375. The van der Waals surface area contributed by atoms with Crippen molar-refractivity contribution in [2.24, 2.45) is 0 Å². The molecule has 0 aliphatic rings. The Kier molecular flexibility index (Phi) is 6.51. The molecule has 0 atom stereocenters. The molecule has 0 saturated heterocycles. The smallest absolute Gasteiger partial charge is 0.129 e. The third-order valence-electron chi connectivity index (χ3n) is 2.77. The molecule has 102 valence electrons. The lowest BCUT2D eigenvalue weighted by molar-refractivity contribution is 0.858. The van der Waals surface area contributed by atoms with E-state index in [1.54, 1.807) is 6.20 Å².